The molecule has 2 rings (SSSR count). The highest BCUT2D eigenvalue weighted by atomic mass is 79.9. The van der Waals surface area contributed by atoms with E-state index in [9.17, 15) is 17.7 Å². The highest BCUT2D eigenvalue weighted by Gasteiger charge is 2.32. The number of anilines is 1. The molecule has 0 saturated heterocycles. The molecule has 0 bridgehead atoms. The van der Waals surface area contributed by atoms with Crippen LogP contribution < -0.4 is 5.73 Å². The van der Waals surface area contributed by atoms with Crippen molar-refractivity contribution in [2.24, 2.45) is 0 Å². The number of hydrogen-bond acceptors (Lipinski definition) is 3. The SMILES string of the molecule is CC[S+]([O-])c1cnn(-c2c(Cl)cc(C(F)(F)F)cc2Br)c1N. The Balaban J connectivity index is 2.57. The number of nitrogens with two attached hydrogens (primary N) is 1. The van der Waals surface area contributed by atoms with E-state index in [0.29, 0.717) is 10.6 Å². The van der Waals surface area contributed by atoms with Gasteiger partial charge in [-0.1, -0.05) is 11.6 Å². The lowest BCUT2D eigenvalue weighted by atomic mass is 10.2. The van der Waals surface area contributed by atoms with Crippen LogP contribution in [-0.2, 0) is 17.4 Å². The molecule has 0 fully saturated rings. The van der Waals surface area contributed by atoms with Gasteiger partial charge in [0.15, 0.2) is 5.82 Å². The molecule has 0 aliphatic heterocycles. The molecule has 0 saturated carbocycles. The number of rotatable bonds is 3. The Labute approximate surface area is 140 Å². The van der Waals surface area contributed by atoms with Gasteiger partial charge in [0.1, 0.15) is 11.9 Å². The van der Waals surface area contributed by atoms with Gasteiger partial charge in [0.2, 0.25) is 4.90 Å². The highest BCUT2D eigenvalue weighted by molar-refractivity contribution is 9.10. The lowest BCUT2D eigenvalue weighted by Gasteiger charge is -2.13. The third-order valence-corrected chi connectivity index (χ3v) is 5.06. The third-order valence-electron chi connectivity index (χ3n) is 2.83. The van der Waals surface area contributed by atoms with Gasteiger partial charge in [-0.3, -0.25) is 0 Å². The van der Waals surface area contributed by atoms with Gasteiger partial charge in [0, 0.05) is 4.47 Å². The van der Waals surface area contributed by atoms with Crippen molar-refractivity contribution >= 4 is 44.5 Å². The van der Waals surface area contributed by atoms with Gasteiger partial charge in [-0.25, -0.2) is 4.68 Å². The molecule has 1 unspecified atom stereocenters. The molecule has 0 amide bonds. The minimum Gasteiger partial charge on any atom is -0.611 e. The predicted molar refractivity (Wildman–Crippen MR) is 82.6 cm³/mol. The summed E-state index contributed by atoms with van der Waals surface area (Å²) in [6.07, 6.45) is -3.20. The molecule has 10 heteroatoms. The van der Waals surface area contributed by atoms with Crippen molar-refractivity contribution in [3.8, 4) is 5.69 Å². The average Bonchev–Trinajstić information content (AvgIpc) is 2.78. The summed E-state index contributed by atoms with van der Waals surface area (Å²) in [5.74, 6) is 0.417. The Kier molecular flexibility index (Phi) is 5.00. The first kappa shape index (κ1) is 17.5. The van der Waals surface area contributed by atoms with Crippen LogP contribution in [0.3, 0.4) is 0 Å². The second-order valence-electron chi connectivity index (χ2n) is 4.23. The normalized spacial score (nSPS) is 13.4. The summed E-state index contributed by atoms with van der Waals surface area (Å²) in [5, 5.41) is 3.80. The average molecular weight is 417 g/mol. The van der Waals surface area contributed by atoms with Crippen LogP contribution in [0.25, 0.3) is 5.69 Å². The minimum atomic E-state index is -4.52. The smallest absolute Gasteiger partial charge is 0.416 e. The molecule has 22 heavy (non-hydrogen) atoms. The minimum absolute atomic E-state index is 0.0718. The topological polar surface area (TPSA) is 66.9 Å². The lowest BCUT2D eigenvalue weighted by molar-refractivity contribution is -0.137. The van der Waals surface area contributed by atoms with Crippen LogP contribution in [0.5, 0.6) is 0 Å². The van der Waals surface area contributed by atoms with Crippen molar-refractivity contribution in [2.75, 3.05) is 11.5 Å². The number of benzene rings is 1. The van der Waals surface area contributed by atoms with E-state index in [-0.39, 0.29) is 21.0 Å². The van der Waals surface area contributed by atoms with Gasteiger partial charge >= 0.3 is 6.18 Å². The monoisotopic (exact) mass is 415 g/mol. The van der Waals surface area contributed by atoms with Crippen LogP contribution in [-0.4, -0.2) is 20.1 Å². The molecular formula is C12H10BrClF3N3OS. The molecule has 4 nitrogen and oxygen atoms in total. The Bertz CT molecular complexity index is 684. The number of nitrogen functional groups attached to an aromatic ring is 1. The van der Waals surface area contributed by atoms with E-state index in [1.54, 1.807) is 6.92 Å². The first-order valence-corrected chi connectivity index (χ1v) is 8.44. The van der Waals surface area contributed by atoms with Gasteiger partial charge in [0.25, 0.3) is 0 Å². The second kappa shape index (κ2) is 6.31. The van der Waals surface area contributed by atoms with Gasteiger partial charge in [-0.15, -0.1) is 0 Å². The number of hydrogen-bond donors (Lipinski definition) is 1. The molecule has 0 radical (unpaired) electrons. The maximum atomic E-state index is 12.8. The zero-order valence-electron chi connectivity index (χ0n) is 11.1. The molecule has 1 aromatic carbocycles. The van der Waals surface area contributed by atoms with E-state index in [1.807, 2.05) is 0 Å². The maximum absolute atomic E-state index is 12.8. The molecule has 0 aliphatic carbocycles. The van der Waals surface area contributed by atoms with E-state index < -0.39 is 22.9 Å². The van der Waals surface area contributed by atoms with Crippen molar-refractivity contribution in [3.63, 3.8) is 0 Å². The first-order chi connectivity index (χ1) is 10.2. The number of alkyl halides is 3. The van der Waals surface area contributed by atoms with E-state index in [2.05, 4.69) is 21.0 Å². The summed E-state index contributed by atoms with van der Waals surface area (Å²) >= 11 is 7.66. The van der Waals surface area contributed by atoms with Crippen molar-refractivity contribution in [1.29, 1.82) is 0 Å². The molecule has 1 atom stereocenters. The van der Waals surface area contributed by atoms with Gasteiger partial charge < -0.3 is 10.3 Å². The summed E-state index contributed by atoms with van der Waals surface area (Å²) in [7, 11) is 0. The third kappa shape index (κ3) is 3.22. The van der Waals surface area contributed by atoms with Crippen LogP contribution in [0.4, 0.5) is 19.0 Å². The van der Waals surface area contributed by atoms with E-state index in [0.717, 1.165) is 16.8 Å². The Morgan fingerprint density at radius 3 is 2.59 bits per heavy atom. The second-order valence-corrected chi connectivity index (χ2v) is 7.20. The van der Waals surface area contributed by atoms with Gasteiger partial charge in [0.05, 0.1) is 16.3 Å². The van der Waals surface area contributed by atoms with Crippen molar-refractivity contribution in [1.82, 2.24) is 9.78 Å². The number of halogens is 5. The molecule has 1 aromatic heterocycles. The summed E-state index contributed by atoms with van der Waals surface area (Å²) in [6, 6.07) is 1.68. The Morgan fingerprint density at radius 2 is 2.09 bits per heavy atom. The quantitative estimate of drug-likeness (QED) is 0.769. The number of aromatic nitrogens is 2. The van der Waals surface area contributed by atoms with Crippen LogP contribution in [0.15, 0.2) is 27.7 Å². The highest BCUT2D eigenvalue weighted by Crippen LogP contribution is 2.38. The maximum Gasteiger partial charge on any atom is 0.416 e. The van der Waals surface area contributed by atoms with Crippen molar-refractivity contribution in [3.05, 3.63) is 33.4 Å². The Morgan fingerprint density at radius 1 is 1.45 bits per heavy atom. The standard InChI is InChI=1S/C12H10BrClF3N3OS/c1-2-22(21)9-5-19-20(11(9)18)10-7(13)3-6(4-8(10)14)12(15,16)17/h3-5H,2,18H2,1H3. The fourth-order valence-electron chi connectivity index (χ4n) is 1.78. The van der Waals surface area contributed by atoms with Crippen molar-refractivity contribution < 1.29 is 17.7 Å². The van der Waals surface area contributed by atoms with Gasteiger partial charge in [-0.05, 0) is 46.2 Å². The van der Waals surface area contributed by atoms with E-state index >= 15 is 0 Å². The predicted octanol–water partition coefficient (Wildman–Crippen LogP) is 4.02. The largest absolute Gasteiger partial charge is 0.611 e. The molecule has 2 aromatic rings. The van der Waals surface area contributed by atoms with E-state index in [1.165, 1.54) is 6.20 Å². The zero-order chi connectivity index (χ0) is 16.7. The zero-order valence-corrected chi connectivity index (χ0v) is 14.3. The van der Waals surface area contributed by atoms with Crippen LogP contribution in [0, 0.1) is 0 Å². The molecular weight excluding hydrogens is 407 g/mol. The molecule has 0 spiro atoms. The van der Waals surface area contributed by atoms with Crippen LogP contribution in [0.1, 0.15) is 12.5 Å². The first-order valence-electron chi connectivity index (χ1n) is 5.95. The lowest BCUT2D eigenvalue weighted by Crippen LogP contribution is -2.10. The van der Waals surface area contributed by atoms with Crippen molar-refractivity contribution in [2.45, 2.75) is 18.0 Å². The Hall–Kier alpha value is -0.900. The van der Waals surface area contributed by atoms with Crippen LogP contribution >= 0.6 is 27.5 Å². The van der Waals surface area contributed by atoms with Crippen LogP contribution in [0.2, 0.25) is 5.02 Å². The summed E-state index contributed by atoms with van der Waals surface area (Å²) in [4.78, 5) is 0.311. The van der Waals surface area contributed by atoms with E-state index in [4.69, 9.17) is 17.3 Å². The molecule has 2 N–H and O–H groups in total. The summed E-state index contributed by atoms with van der Waals surface area (Å²) in [6.45, 7) is 1.72. The fourth-order valence-corrected chi connectivity index (χ4v) is 3.62. The summed E-state index contributed by atoms with van der Waals surface area (Å²) in [5.41, 5.74) is 5.15. The molecule has 0 aliphatic rings. The van der Waals surface area contributed by atoms with Gasteiger partial charge in [-0.2, -0.15) is 18.3 Å². The summed E-state index contributed by atoms with van der Waals surface area (Å²) < 4.78 is 51.3. The molecule has 1 heterocycles. The molecule has 120 valence electrons. The fraction of sp³-hybridized carbons (Fsp3) is 0.250. The number of nitrogens with zero attached hydrogens (tertiary/aromatic N) is 2.